The van der Waals surface area contributed by atoms with Gasteiger partial charge in [0.25, 0.3) is 0 Å². The zero-order valence-electron chi connectivity index (χ0n) is 12.9. The van der Waals surface area contributed by atoms with Gasteiger partial charge in [-0.25, -0.2) is 4.98 Å². The molecule has 0 aliphatic heterocycles. The fraction of sp³-hybridized carbons (Fsp3) is 0.278. The zero-order valence-corrected chi connectivity index (χ0v) is 12.9. The maximum absolute atomic E-state index is 12.9. The van der Waals surface area contributed by atoms with Crippen molar-refractivity contribution in [2.75, 3.05) is 0 Å². The van der Waals surface area contributed by atoms with Crippen LogP contribution in [0.1, 0.15) is 36.7 Å². The molecule has 3 aromatic rings. The Morgan fingerprint density at radius 3 is 2.35 bits per heavy atom. The lowest BCUT2D eigenvalue weighted by Gasteiger charge is -2.12. The number of hydrogen-bond acceptors (Lipinski definition) is 1. The van der Waals surface area contributed by atoms with Crippen molar-refractivity contribution >= 4 is 11.0 Å². The second kappa shape index (κ2) is 5.72. The largest absolute Gasteiger partial charge is 0.416 e. The van der Waals surface area contributed by atoms with Crippen LogP contribution in [0.2, 0.25) is 0 Å². The monoisotopic (exact) mass is 318 g/mol. The van der Waals surface area contributed by atoms with Crippen LogP contribution in [0.4, 0.5) is 13.2 Å². The fourth-order valence-corrected chi connectivity index (χ4v) is 2.70. The second-order valence-corrected chi connectivity index (χ2v) is 5.90. The Hall–Kier alpha value is -2.30. The molecule has 5 heteroatoms. The molecule has 2 aromatic carbocycles. The Bertz CT molecular complexity index is 817. The molecule has 0 atom stereocenters. The van der Waals surface area contributed by atoms with Crippen molar-refractivity contribution in [2.45, 2.75) is 32.5 Å². The van der Waals surface area contributed by atoms with Gasteiger partial charge in [0.15, 0.2) is 0 Å². The van der Waals surface area contributed by atoms with E-state index in [1.807, 2.05) is 48.7 Å². The van der Waals surface area contributed by atoms with Crippen LogP contribution in [0.3, 0.4) is 0 Å². The number of alkyl halides is 3. The number of hydrogen-bond donors (Lipinski definition) is 0. The Balaban J connectivity index is 2.13. The van der Waals surface area contributed by atoms with Gasteiger partial charge in [-0.2, -0.15) is 13.2 Å². The van der Waals surface area contributed by atoms with Gasteiger partial charge in [0.2, 0.25) is 0 Å². The van der Waals surface area contributed by atoms with Crippen LogP contribution in [0.15, 0.2) is 48.5 Å². The van der Waals surface area contributed by atoms with Crippen molar-refractivity contribution in [2.24, 2.45) is 0 Å². The highest BCUT2D eigenvalue weighted by Crippen LogP contribution is 2.32. The molecule has 0 aliphatic carbocycles. The topological polar surface area (TPSA) is 17.8 Å². The summed E-state index contributed by atoms with van der Waals surface area (Å²) in [5, 5.41) is 0. The molecule has 0 radical (unpaired) electrons. The van der Waals surface area contributed by atoms with Gasteiger partial charge in [0.05, 0.1) is 16.6 Å². The van der Waals surface area contributed by atoms with Crippen LogP contribution in [0.5, 0.6) is 0 Å². The highest BCUT2D eigenvalue weighted by molar-refractivity contribution is 5.77. The number of halogens is 3. The lowest BCUT2D eigenvalue weighted by atomic mass is 10.1. The molecule has 120 valence electrons. The van der Waals surface area contributed by atoms with Crippen LogP contribution < -0.4 is 0 Å². The minimum atomic E-state index is -4.35. The van der Waals surface area contributed by atoms with E-state index in [9.17, 15) is 13.2 Å². The van der Waals surface area contributed by atoms with Crippen molar-refractivity contribution < 1.29 is 13.2 Å². The van der Waals surface area contributed by atoms with Crippen LogP contribution in [0, 0.1) is 0 Å². The second-order valence-electron chi connectivity index (χ2n) is 5.90. The van der Waals surface area contributed by atoms with E-state index in [1.165, 1.54) is 6.07 Å². The SMILES string of the molecule is CC(C)c1nc2cc(C(F)(F)F)ccc2n1Cc1ccccc1. The summed E-state index contributed by atoms with van der Waals surface area (Å²) in [6.45, 7) is 4.58. The maximum atomic E-state index is 12.9. The summed E-state index contributed by atoms with van der Waals surface area (Å²) in [6, 6.07) is 13.6. The first-order chi connectivity index (χ1) is 10.9. The molecule has 1 heterocycles. The van der Waals surface area contributed by atoms with Crippen molar-refractivity contribution in [1.82, 2.24) is 9.55 Å². The van der Waals surface area contributed by atoms with Gasteiger partial charge in [0.1, 0.15) is 5.82 Å². The molecule has 0 saturated heterocycles. The summed E-state index contributed by atoms with van der Waals surface area (Å²) in [7, 11) is 0. The number of aromatic nitrogens is 2. The zero-order chi connectivity index (χ0) is 16.6. The number of benzene rings is 2. The predicted molar refractivity (Wildman–Crippen MR) is 84.4 cm³/mol. The van der Waals surface area contributed by atoms with E-state index in [0.717, 1.165) is 29.0 Å². The molecular formula is C18H17F3N2. The molecule has 2 nitrogen and oxygen atoms in total. The first-order valence-electron chi connectivity index (χ1n) is 7.47. The molecule has 0 aliphatic rings. The lowest BCUT2D eigenvalue weighted by molar-refractivity contribution is -0.137. The van der Waals surface area contributed by atoms with Gasteiger partial charge < -0.3 is 4.57 Å². The van der Waals surface area contributed by atoms with Crippen LogP contribution >= 0.6 is 0 Å². The molecular weight excluding hydrogens is 301 g/mol. The third-order valence-electron chi connectivity index (χ3n) is 3.80. The third-order valence-corrected chi connectivity index (χ3v) is 3.80. The quantitative estimate of drug-likeness (QED) is 0.647. The molecule has 0 bridgehead atoms. The van der Waals surface area contributed by atoms with E-state index in [-0.39, 0.29) is 5.92 Å². The molecule has 1 aromatic heterocycles. The lowest BCUT2D eigenvalue weighted by Crippen LogP contribution is -2.07. The van der Waals surface area contributed by atoms with Gasteiger partial charge in [-0.05, 0) is 23.8 Å². The van der Waals surface area contributed by atoms with Crippen molar-refractivity contribution in [3.05, 3.63) is 65.5 Å². The van der Waals surface area contributed by atoms with E-state index in [2.05, 4.69) is 4.98 Å². The van der Waals surface area contributed by atoms with Gasteiger partial charge in [-0.1, -0.05) is 44.2 Å². The normalized spacial score (nSPS) is 12.3. The summed E-state index contributed by atoms with van der Waals surface area (Å²) in [5.74, 6) is 0.920. The first-order valence-corrected chi connectivity index (χ1v) is 7.47. The molecule has 0 N–H and O–H groups in total. The van der Waals surface area contributed by atoms with E-state index < -0.39 is 11.7 Å². The van der Waals surface area contributed by atoms with Crippen molar-refractivity contribution in [3.63, 3.8) is 0 Å². The van der Waals surface area contributed by atoms with Crippen molar-refractivity contribution in [3.8, 4) is 0 Å². The van der Waals surface area contributed by atoms with E-state index in [4.69, 9.17) is 0 Å². The first kappa shape index (κ1) is 15.6. The minimum Gasteiger partial charge on any atom is -0.323 e. The summed E-state index contributed by atoms with van der Waals surface area (Å²) in [5.41, 5.74) is 1.54. The Morgan fingerprint density at radius 2 is 1.74 bits per heavy atom. The smallest absolute Gasteiger partial charge is 0.323 e. The number of fused-ring (bicyclic) bond motifs is 1. The van der Waals surface area contributed by atoms with E-state index in [0.29, 0.717) is 12.1 Å². The Kier molecular flexibility index (Phi) is 3.88. The van der Waals surface area contributed by atoms with E-state index >= 15 is 0 Å². The van der Waals surface area contributed by atoms with Crippen LogP contribution in [0.25, 0.3) is 11.0 Å². The maximum Gasteiger partial charge on any atom is 0.416 e. The molecule has 0 saturated carbocycles. The number of nitrogens with zero attached hydrogens (tertiary/aromatic N) is 2. The van der Waals surface area contributed by atoms with Crippen molar-refractivity contribution in [1.29, 1.82) is 0 Å². The molecule has 0 spiro atoms. The number of imidazole rings is 1. The van der Waals surface area contributed by atoms with Gasteiger partial charge in [-0.3, -0.25) is 0 Å². The Labute approximate surface area is 132 Å². The summed E-state index contributed by atoms with van der Waals surface area (Å²) < 4.78 is 40.7. The highest BCUT2D eigenvalue weighted by Gasteiger charge is 2.31. The van der Waals surface area contributed by atoms with Crippen LogP contribution in [-0.4, -0.2) is 9.55 Å². The third kappa shape index (κ3) is 3.09. The van der Waals surface area contributed by atoms with E-state index in [1.54, 1.807) is 0 Å². The fourth-order valence-electron chi connectivity index (χ4n) is 2.70. The standard InChI is InChI=1S/C18H17F3N2/c1-12(2)17-22-15-10-14(18(19,20)21)8-9-16(15)23(17)11-13-6-4-3-5-7-13/h3-10,12H,11H2,1-2H3. The summed E-state index contributed by atoms with van der Waals surface area (Å²) in [6.07, 6.45) is -4.35. The molecule has 23 heavy (non-hydrogen) atoms. The average Bonchev–Trinajstić information content (AvgIpc) is 2.86. The Morgan fingerprint density at radius 1 is 1.04 bits per heavy atom. The molecule has 0 fully saturated rings. The van der Waals surface area contributed by atoms with Gasteiger partial charge >= 0.3 is 6.18 Å². The highest BCUT2D eigenvalue weighted by atomic mass is 19.4. The molecule has 0 unspecified atom stereocenters. The van der Waals surface area contributed by atoms with Gasteiger partial charge in [-0.15, -0.1) is 0 Å². The summed E-state index contributed by atoms with van der Waals surface area (Å²) >= 11 is 0. The van der Waals surface area contributed by atoms with Gasteiger partial charge in [0, 0.05) is 12.5 Å². The molecule has 3 rings (SSSR count). The minimum absolute atomic E-state index is 0.125. The average molecular weight is 318 g/mol. The molecule has 0 amide bonds. The summed E-state index contributed by atoms with van der Waals surface area (Å²) in [4.78, 5) is 4.45. The number of rotatable bonds is 3. The van der Waals surface area contributed by atoms with Crippen LogP contribution in [-0.2, 0) is 12.7 Å². The predicted octanol–water partition coefficient (Wildman–Crippen LogP) is 5.23.